The average molecular weight is 242 g/mol. The van der Waals surface area contributed by atoms with Gasteiger partial charge in [-0.25, -0.2) is 4.98 Å². The number of aryl methyl sites for hydroxylation is 1. The number of anilines is 2. The summed E-state index contributed by atoms with van der Waals surface area (Å²) < 4.78 is 0. The summed E-state index contributed by atoms with van der Waals surface area (Å²) in [6.07, 6.45) is 4.92. The van der Waals surface area contributed by atoms with E-state index in [9.17, 15) is 4.79 Å². The molecule has 92 valence electrons. The number of pyridine rings is 2. The zero-order chi connectivity index (χ0) is 13.0. The summed E-state index contributed by atoms with van der Waals surface area (Å²) in [4.78, 5) is 20.1. The van der Waals surface area contributed by atoms with E-state index >= 15 is 0 Å². The largest absolute Gasteiger partial charge is 0.373 e. The lowest BCUT2D eigenvalue weighted by Gasteiger charge is -2.08. The zero-order valence-electron chi connectivity index (χ0n) is 10.3. The minimum Gasteiger partial charge on any atom is -0.373 e. The van der Waals surface area contributed by atoms with Crippen LogP contribution in [0.5, 0.6) is 0 Å². The van der Waals surface area contributed by atoms with Crippen LogP contribution in [0.1, 0.15) is 15.9 Å². The molecule has 0 fully saturated rings. The monoisotopic (exact) mass is 242 g/mol. The van der Waals surface area contributed by atoms with Gasteiger partial charge in [0.2, 0.25) is 0 Å². The van der Waals surface area contributed by atoms with E-state index in [1.54, 1.807) is 37.8 Å². The highest BCUT2D eigenvalue weighted by Gasteiger charge is 2.08. The first-order valence-electron chi connectivity index (χ1n) is 5.56. The third kappa shape index (κ3) is 2.63. The van der Waals surface area contributed by atoms with Gasteiger partial charge >= 0.3 is 0 Å². The molecule has 2 heterocycles. The highest BCUT2D eigenvalue weighted by atomic mass is 16.1. The predicted octanol–water partition coefficient (Wildman–Crippen LogP) is 2.08. The summed E-state index contributed by atoms with van der Waals surface area (Å²) in [5, 5.41) is 5.71. The smallest absolute Gasteiger partial charge is 0.255 e. The summed E-state index contributed by atoms with van der Waals surface area (Å²) in [5.41, 5.74) is 2.24. The molecule has 2 rings (SSSR count). The minimum atomic E-state index is -0.176. The maximum atomic E-state index is 12.0. The number of nitrogens with zero attached hydrogens (tertiary/aromatic N) is 2. The number of aromatic nitrogens is 2. The van der Waals surface area contributed by atoms with Gasteiger partial charge in [0.1, 0.15) is 5.82 Å². The summed E-state index contributed by atoms with van der Waals surface area (Å²) >= 11 is 0. The first kappa shape index (κ1) is 12.0. The van der Waals surface area contributed by atoms with Crippen LogP contribution < -0.4 is 10.6 Å². The van der Waals surface area contributed by atoms with Gasteiger partial charge < -0.3 is 10.6 Å². The Hall–Kier alpha value is -2.43. The molecule has 0 spiro atoms. The standard InChI is InChI=1S/C13H14N4O/c1-9-3-5-15-8-11(9)17-13(18)10-4-6-16-12(7-10)14-2/h3-8H,1-2H3,(H,14,16)(H,17,18). The highest BCUT2D eigenvalue weighted by molar-refractivity contribution is 6.04. The molecule has 5 heteroatoms. The second-order valence-corrected chi connectivity index (χ2v) is 3.82. The molecule has 0 aliphatic heterocycles. The summed E-state index contributed by atoms with van der Waals surface area (Å²) in [7, 11) is 1.76. The lowest BCUT2D eigenvalue weighted by atomic mass is 10.2. The van der Waals surface area contributed by atoms with Crippen molar-refractivity contribution in [2.75, 3.05) is 17.7 Å². The van der Waals surface area contributed by atoms with Gasteiger partial charge in [-0.15, -0.1) is 0 Å². The lowest BCUT2D eigenvalue weighted by molar-refractivity contribution is 0.102. The lowest BCUT2D eigenvalue weighted by Crippen LogP contribution is -2.13. The zero-order valence-corrected chi connectivity index (χ0v) is 10.3. The van der Waals surface area contributed by atoms with Crippen LogP contribution >= 0.6 is 0 Å². The number of nitrogens with one attached hydrogen (secondary N) is 2. The van der Waals surface area contributed by atoms with Gasteiger partial charge in [0, 0.05) is 25.0 Å². The molecule has 0 aliphatic rings. The second-order valence-electron chi connectivity index (χ2n) is 3.82. The Morgan fingerprint density at radius 2 is 2.11 bits per heavy atom. The van der Waals surface area contributed by atoms with E-state index in [1.807, 2.05) is 13.0 Å². The van der Waals surface area contributed by atoms with Gasteiger partial charge in [0.05, 0.1) is 11.9 Å². The van der Waals surface area contributed by atoms with Crippen LogP contribution in [-0.4, -0.2) is 22.9 Å². The van der Waals surface area contributed by atoms with Crippen LogP contribution in [0.15, 0.2) is 36.8 Å². The molecule has 0 aromatic carbocycles. The molecule has 5 nitrogen and oxygen atoms in total. The molecular weight excluding hydrogens is 228 g/mol. The van der Waals surface area contributed by atoms with Gasteiger partial charge in [0.25, 0.3) is 5.91 Å². The van der Waals surface area contributed by atoms with Crippen molar-refractivity contribution >= 4 is 17.4 Å². The van der Waals surface area contributed by atoms with E-state index in [-0.39, 0.29) is 5.91 Å². The van der Waals surface area contributed by atoms with Gasteiger partial charge in [-0.2, -0.15) is 0 Å². The maximum Gasteiger partial charge on any atom is 0.255 e. The van der Waals surface area contributed by atoms with Crippen LogP contribution in [0.4, 0.5) is 11.5 Å². The Morgan fingerprint density at radius 3 is 2.83 bits per heavy atom. The quantitative estimate of drug-likeness (QED) is 0.864. The van der Waals surface area contributed by atoms with Crippen LogP contribution in [0.25, 0.3) is 0 Å². The van der Waals surface area contributed by atoms with Crippen molar-refractivity contribution in [1.82, 2.24) is 9.97 Å². The van der Waals surface area contributed by atoms with E-state index in [4.69, 9.17) is 0 Å². The predicted molar refractivity (Wildman–Crippen MR) is 70.7 cm³/mol. The Kier molecular flexibility index (Phi) is 3.52. The topological polar surface area (TPSA) is 66.9 Å². The van der Waals surface area contributed by atoms with Crippen LogP contribution in [0.3, 0.4) is 0 Å². The third-order valence-corrected chi connectivity index (χ3v) is 2.57. The SMILES string of the molecule is CNc1cc(C(=O)Nc2cnccc2C)ccn1. The van der Waals surface area contributed by atoms with Crippen molar-refractivity contribution in [1.29, 1.82) is 0 Å². The molecule has 0 bridgehead atoms. The van der Waals surface area contributed by atoms with E-state index in [2.05, 4.69) is 20.6 Å². The summed E-state index contributed by atoms with van der Waals surface area (Å²) in [5.74, 6) is 0.482. The van der Waals surface area contributed by atoms with Crippen molar-refractivity contribution < 1.29 is 4.79 Å². The number of carbonyl (C=O) groups excluding carboxylic acids is 1. The normalized spacial score (nSPS) is 9.89. The molecule has 18 heavy (non-hydrogen) atoms. The molecule has 0 saturated heterocycles. The van der Waals surface area contributed by atoms with Gasteiger partial charge in [-0.1, -0.05) is 0 Å². The number of carbonyl (C=O) groups is 1. The third-order valence-electron chi connectivity index (χ3n) is 2.57. The fourth-order valence-corrected chi connectivity index (χ4v) is 1.50. The van der Waals surface area contributed by atoms with Gasteiger partial charge in [0.15, 0.2) is 0 Å². The molecule has 2 aromatic rings. The molecular formula is C13H14N4O. The number of rotatable bonds is 3. The van der Waals surface area contributed by atoms with Crippen LogP contribution in [0, 0.1) is 6.92 Å². The van der Waals surface area contributed by atoms with Crippen molar-refractivity contribution in [3.63, 3.8) is 0 Å². The van der Waals surface area contributed by atoms with Crippen molar-refractivity contribution in [3.05, 3.63) is 47.9 Å². The van der Waals surface area contributed by atoms with Crippen molar-refractivity contribution in [2.45, 2.75) is 6.92 Å². The first-order chi connectivity index (χ1) is 8.70. The van der Waals surface area contributed by atoms with E-state index in [0.717, 1.165) is 5.56 Å². The van der Waals surface area contributed by atoms with E-state index in [0.29, 0.717) is 17.1 Å². The first-order valence-corrected chi connectivity index (χ1v) is 5.56. The van der Waals surface area contributed by atoms with Crippen molar-refractivity contribution in [2.24, 2.45) is 0 Å². The average Bonchev–Trinajstić information content (AvgIpc) is 2.41. The Labute approximate surface area is 105 Å². The van der Waals surface area contributed by atoms with Gasteiger partial charge in [-0.05, 0) is 30.7 Å². The van der Waals surface area contributed by atoms with Crippen LogP contribution in [0.2, 0.25) is 0 Å². The molecule has 1 amide bonds. The second kappa shape index (κ2) is 5.27. The highest BCUT2D eigenvalue weighted by Crippen LogP contribution is 2.14. The summed E-state index contributed by atoms with van der Waals surface area (Å²) in [6, 6.07) is 5.21. The Bertz CT molecular complexity index is 568. The van der Waals surface area contributed by atoms with Crippen molar-refractivity contribution in [3.8, 4) is 0 Å². The fraction of sp³-hybridized carbons (Fsp3) is 0.154. The molecule has 0 atom stereocenters. The van der Waals surface area contributed by atoms with E-state index in [1.165, 1.54) is 0 Å². The van der Waals surface area contributed by atoms with E-state index < -0.39 is 0 Å². The number of amides is 1. The van der Waals surface area contributed by atoms with Crippen LogP contribution in [-0.2, 0) is 0 Å². The molecule has 0 saturated carbocycles. The summed E-state index contributed by atoms with van der Waals surface area (Å²) in [6.45, 7) is 1.92. The minimum absolute atomic E-state index is 0.176. The molecule has 0 aliphatic carbocycles. The maximum absolute atomic E-state index is 12.0. The van der Waals surface area contributed by atoms with Gasteiger partial charge in [-0.3, -0.25) is 9.78 Å². The molecule has 0 unspecified atom stereocenters. The molecule has 2 aromatic heterocycles. The Balaban J connectivity index is 2.19. The molecule has 0 radical (unpaired) electrons. The Morgan fingerprint density at radius 1 is 1.28 bits per heavy atom. The number of hydrogen-bond donors (Lipinski definition) is 2. The number of hydrogen-bond acceptors (Lipinski definition) is 4. The molecule has 2 N–H and O–H groups in total. The fourth-order valence-electron chi connectivity index (χ4n) is 1.50.